The molecule has 0 saturated heterocycles. The van der Waals surface area contributed by atoms with Crippen molar-refractivity contribution in [2.75, 3.05) is 25.6 Å². The molecule has 0 aromatic carbocycles. The minimum atomic E-state index is -0.497. The molecule has 1 saturated carbocycles. The molecular formula is C13H20N4O4. The first-order valence-electron chi connectivity index (χ1n) is 7.09. The lowest BCUT2D eigenvalue weighted by Gasteiger charge is -2.11. The number of nitrogens with one attached hydrogen (secondary N) is 1. The molecule has 0 bridgehead atoms. The van der Waals surface area contributed by atoms with Crippen molar-refractivity contribution in [1.82, 2.24) is 9.97 Å². The molecule has 8 heteroatoms. The van der Waals surface area contributed by atoms with E-state index in [2.05, 4.69) is 15.3 Å². The van der Waals surface area contributed by atoms with Gasteiger partial charge in [0.1, 0.15) is 12.4 Å². The highest BCUT2D eigenvalue weighted by atomic mass is 16.6. The van der Waals surface area contributed by atoms with Crippen LogP contribution >= 0.6 is 0 Å². The van der Waals surface area contributed by atoms with Crippen LogP contribution in [-0.4, -0.2) is 41.3 Å². The van der Waals surface area contributed by atoms with Crippen LogP contribution in [0.3, 0.4) is 0 Å². The average molecular weight is 296 g/mol. The Hall–Kier alpha value is -1.96. The van der Waals surface area contributed by atoms with Crippen LogP contribution in [0.4, 0.5) is 11.5 Å². The summed E-state index contributed by atoms with van der Waals surface area (Å²) in [5, 5.41) is 14.4. The molecule has 0 aliphatic heterocycles. The van der Waals surface area contributed by atoms with Gasteiger partial charge in [-0.25, -0.2) is 4.98 Å². The summed E-state index contributed by atoms with van der Waals surface area (Å²) in [5.41, 5.74) is -0.196. The fraction of sp³-hybridized carbons (Fsp3) is 0.692. The number of nitrogens with zero attached hydrogens (tertiary/aromatic N) is 3. The van der Waals surface area contributed by atoms with Gasteiger partial charge in [0.2, 0.25) is 5.82 Å². The summed E-state index contributed by atoms with van der Waals surface area (Å²) in [4.78, 5) is 19.3. The number of hydrogen-bond acceptors (Lipinski definition) is 7. The minimum Gasteiger partial charge on any atom is -0.470 e. The molecule has 2 rings (SSSR count). The summed E-state index contributed by atoms with van der Waals surface area (Å²) in [6.45, 7) is 2.56. The number of methoxy groups -OCH3 is 1. The van der Waals surface area contributed by atoms with E-state index in [1.165, 1.54) is 0 Å². The monoisotopic (exact) mass is 296 g/mol. The Kier molecular flexibility index (Phi) is 5.26. The lowest BCUT2D eigenvalue weighted by Crippen LogP contribution is -2.13. The summed E-state index contributed by atoms with van der Waals surface area (Å²) in [6.07, 6.45) is 3.52. The molecule has 1 aromatic rings. The summed E-state index contributed by atoms with van der Waals surface area (Å²) in [6, 6.07) is 0.264. The number of hydrogen-bond donors (Lipinski definition) is 1. The highest BCUT2D eigenvalue weighted by molar-refractivity contribution is 5.62. The lowest BCUT2D eigenvalue weighted by molar-refractivity contribution is -0.385. The quantitative estimate of drug-likeness (QED) is 0.422. The van der Waals surface area contributed by atoms with Gasteiger partial charge >= 0.3 is 5.69 Å². The van der Waals surface area contributed by atoms with E-state index in [4.69, 9.17) is 9.47 Å². The van der Waals surface area contributed by atoms with E-state index in [1.54, 1.807) is 7.11 Å². The van der Waals surface area contributed by atoms with Gasteiger partial charge in [0.15, 0.2) is 0 Å². The van der Waals surface area contributed by atoms with Crippen molar-refractivity contribution < 1.29 is 14.4 Å². The minimum absolute atomic E-state index is 0.0126. The van der Waals surface area contributed by atoms with Gasteiger partial charge in [-0.1, -0.05) is 6.92 Å². The van der Waals surface area contributed by atoms with E-state index in [1.807, 2.05) is 6.92 Å². The van der Waals surface area contributed by atoms with Crippen LogP contribution in [0.5, 0.6) is 5.88 Å². The van der Waals surface area contributed by atoms with Crippen molar-refractivity contribution in [2.45, 2.75) is 38.6 Å². The molecule has 1 fully saturated rings. The molecule has 0 radical (unpaired) electrons. The van der Waals surface area contributed by atoms with Gasteiger partial charge in [0.05, 0.1) is 11.5 Å². The van der Waals surface area contributed by atoms with E-state index in [0.29, 0.717) is 18.9 Å². The van der Waals surface area contributed by atoms with Crippen molar-refractivity contribution in [2.24, 2.45) is 0 Å². The molecule has 116 valence electrons. The number of anilines is 1. The number of rotatable bonds is 9. The van der Waals surface area contributed by atoms with Gasteiger partial charge in [-0.05, 0) is 19.3 Å². The number of ether oxygens (including phenoxy) is 2. The molecule has 21 heavy (non-hydrogen) atoms. The first-order chi connectivity index (χ1) is 10.2. The molecule has 0 spiro atoms. The standard InChI is InChI=1S/C13H20N4O4/c1-3-4-10-15-12(14-9-5-6-9)11(17(18)19)13(16-10)21-8-7-20-2/h9H,3-8H2,1-2H3,(H,14,15,16). The maximum absolute atomic E-state index is 11.3. The molecule has 8 nitrogen and oxygen atoms in total. The predicted octanol–water partition coefficient (Wildman–Crippen LogP) is 1.94. The SMILES string of the molecule is CCCc1nc(NC2CC2)c([N+](=O)[O-])c(OCCOC)n1. The largest absolute Gasteiger partial charge is 0.470 e. The van der Waals surface area contributed by atoms with Gasteiger partial charge < -0.3 is 14.8 Å². The smallest absolute Gasteiger partial charge is 0.372 e. The van der Waals surface area contributed by atoms with Crippen molar-refractivity contribution in [3.8, 4) is 5.88 Å². The Balaban J connectivity index is 2.31. The van der Waals surface area contributed by atoms with Gasteiger partial charge in [-0.2, -0.15) is 4.98 Å². The molecule has 0 unspecified atom stereocenters. The highest BCUT2D eigenvalue weighted by Gasteiger charge is 2.30. The summed E-state index contributed by atoms with van der Waals surface area (Å²) in [7, 11) is 1.54. The molecule has 1 aromatic heterocycles. The van der Waals surface area contributed by atoms with Gasteiger partial charge in [0, 0.05) is 19.6 Å². The Morgan fingerprint density at radius 2 is 2.14 bits per heavy atom. The fourth-order valence-corrected chi connectivity index (χ4v) is 1.82. The second kappa shape index (κ2) is 7.16. The van der Waals surface area contributed by atoms with E-state index in [-0.39, 0.29) is 30.0 Å². The first-order valence-corrected chi connectivity index (χ1v) is 7.09. The zero-order valence-corrected chi connectivity index (χ0v) is 12.3. The molecule has 1 aliphatic rings. The lowest BCUT2D eigenvalue weighted by atomic mass is 10.3. The maximum Gasteiger partial charge on any atom is 0.372 e. The van der Waals surface area contributed by atoms with Crippen molar-refractivity contribution in [3.05, 3.63) is 15.9 Å². The average Bonchev–Trinajstić information content (AvgIpc) is 3.22. The summed E-state index contributed by atoms with van der Waals surface area (Å²) < 4.78 is 10.3. The van der Waals surface area contributed by atoms with E-state index in [9.17, 15) is 10.1 Å². The van der Waals surface area contributed by atoms with Crippen LogP contribution in [0, 0.1) is 10.1 Å². The maximum atomic E-state index is 11.3. The van der Waals surface area contributed by atoms with Gasteiger partial charge in [0.25, 0.3) is 5.88 Å². The highest BCUT2D eigenvalue weighted by Crippen LogP contribution is 2.35. The van der Waals surface area contributed by atoms with Crippen molar-refractivity contribution >= 4 is 11.5 Å². The van der Waals surface area contributed by atoms with E-state index in [0.717, 1.165) is 19.3 Å². The molecule has 0 atom stereocenters. The molecule has 1 heterocycles. The Morgan fingerprint density at radius 3 is 2.71 bits per heavy atom. The Labute approximate surface area is 123 Å². The van der Waals surface area contributed by atoms with Gasteiger partial charge in [-0.15, -0.1) is 0 Å². The Morgan fingerprint density at radius 1 is 1.38 bits per heavy atom. The third-order valence-corrected chi connectivity index (χ3v) is 3.00. The zero-order valence-electron chi connectivity index (χ0n) is 12.3. The third-order valence-electron chi connectivity index (χ3n) is 3.00. The van der Waals surface area contributed by atoms with Crippen LogP contribution in [0.2, 0.25) is 0 Å². The second-order valence-corrected chi connectivity index (χ2v) is 4.91. The van der Waals surface area contributed by atoms with Crippen molar-refractivity contribution in [1.29, 1.82) is 0 Å². The summed E-state index contributed by atoms with van der Waals surface area (Å²) >= 11 is 0. The Bertz CT molecular complexity index is 505. The molecule has 0 amide bonds. The van der Waals surface area contributed by atoms with Crippen LogP contribution in [0.15, 0.2) is 0 Å². The molecule has 1 N–H and O–H groups in total. The normalized spacial score (nSPS) is 14.0. The predicted molar refractivity (Wildman–Crippen MR) is 76.7 cm³/mol. The second-order valence-electron chi connectivity index (χ2n) is 4.91. The fourth-order valence-electron chi connectivity index (χ4n) is 1.82. The van der Waals surface area contributed by atoms with Crippen LogP contribution < -0.4 is 10.1 Å². The van der Waals surface area contributed by atoms with Crippen LogP contribution in [0.1, 0.15) is 32.0 Å². The van der Waals surface area contributed by atoms with Crippen LogP contribution in [-0.2, 0) is 11.2 Å². The molecule has 1 aliphatic carbocycles. The van der Waals surface area contributed by atoms with Crippen molar-refractivity contribution in [3.63, 3.8) is 0 Å². The third kappa shape index (κ3) is 4.25. The number of aryl methyl sites for hydroxylation is 1. The number of aromatic nitrogens is 2. The van der Waals surface area contributed by atoms with Crippen LogP contribution in [0.25, 0.3) is 0 Å². The van der Waals surface area contributed by atoms with Gasteiger partial charge in [-0.3, -0.25) is 10.1 Å². The summed E-state index contributed by atoms with van der Waals surface area (Å²) in [5.74, 6) is 0.825. The first kappa shape index (κ1) is 15.4. The molecular weight excluding hydrogens is 276 g/mol. The topological polar surface area (TPSA) is 99.4 Å². The van der Waals surface area contributed by atoms with E-state index >= 15 is 0 Å². The van der Waals surface area contributed by atoms with E-state index < -0.39 is 4.92 Å². The number of nitro groups is 1. The zero-order chi connectivity index (χ0) is 15.2.